The van der Waals surface area contributed by atoms with Crippen LogP contribution in [0.15, 0.2) is 30.3 Å². The molecule has 2 heterocycles. The number of hydrogen-bond acceptors (Lipinski definition) is 5. The highest BCUT2D eigenvalue weighted by molar-refractivity contribution is 7.80. The zero-order valence-corrected chi connectivity index (χ0v) is 17.7. The topological polar surface area (TPSA) is 61.9 Å². The van der Waals surface area contributed by atoms with Crippen LogP contribution in [0.25, 0.3) is 10.2 Å². The van der Waals surface area contributed by atoms with Crippen molar-refractivity contribution in [3.05, 3.63) is 52.2 Å². The van der Waals surface area contributed by atoms with Crippen molar-refractivity contribution in [3.63, 3.8) is 0 Å². The zero-order valence-electron chi connectivity index (χ0n) is 16.0. The van der Waals surface area contributed by atoms with E-state index >= 15 is 0 Å². The maximum Gasteiger partial charge on any atom is 0.166 e. The number of thiocarbonyl (C=S) groups is 1. The molecule has 1 aliphatic carbocycles. The predicted octanol–water partition coefficient (Wildman–Crippen LogP) is 3.95. The molecule has 7 heteroatoms. The Hall–Kier alpha value is -2.25. The van der Waals surface area contributed by atoms with Crippen molar-refractivity contribution in [2.24, 2.45) is 0 Å². The van der Waals surface area contributed by atoms with Gasteiger partial charge in [-0.15, -0.1) is 11.3 Å². The molecule has 28 heavy (non-hydrogen) atoms. The number of thiophene rings is 1. The summed E-state index contributed by atoms with van der Waals surface area (Å²) in [7, 11) is 0. The van der Waals surface area contributed by atoms with Crippen LogP contribution in [0.5, 0.6) is 0 Å². The molecule has 146 valence electrons. The number of hydrogen-bond donors (Lipinski definition) is 3. The van der Waals surface area contributed by atoms with E-state index in [2.05, 4.69) is 38.1 Å². The molecule has 0 saturated heterocycles. The van der Waals surface area contributed by atoms with Gasteiger partial charge in [-0.25, -0.2) is 9.97 Å². The second kappa shape index (κ2) is 8.84. The summed E-state index contributed by atoms with van der Waals surface area (Å²) in [4.78, 5) is 12.0. The molecule has 0 unspecified atom stereocenters. The summed E-state index contributed by atoms with van der Waals surface area (Å²) in [5.41, 5.74) is 2.67. The van der Waals surface area contributed by atoms with Gasteiger partial charge in [0, 0.05) is 24.5 Å². The van der Waals surface area contributed by atoms with Crippen molar-refractivity contribution in [2.45, 2.75) is 39.2 Å². The Kier molecular flexibility index (Phi) is 6.02. The zero-order chi connectivity index (χ0) is 19.3. The van der Waals surface area contributed by atoms with Gasteiger partial charge in [0.1, 0.15) is 16.5 Å². The van der Waals surface area contributed by atoms with Crippen molar-refractivity contribution in [1.29, 1.82) is 0 Å². The molecular formula is C21H25N5S2. The molecule has 0 bridgehead atoms. The molecular weight excluding hydrogens is 386 g/mol. The van der Waals surface area contributed by atoms with Gasteiger partial charge in [0.05, 0.1) is 5.39 Å². The number of nitrogens with zero attached hydrogens (tertiary/aromatic N) is 2. The first-order valence-electron chi connectivity index (χ1n) is 9.79. The predicted molar refractivity (Wildman–Crippen MR) is 121 cm³/mol. The lowest BCUT2D eigenvalue weighted by Gasteiger charge is -2.14. The third-order valence-corrected chi connectivity index (χ3v) is 6.40. The molecule has 0 aliphatic heterocycles. The van der Waals surface area contributed by atoms with Crippen LogP contribution >= 0.6 is 23.6 Å². The molecule has 0 atom stereocenters. The van der Waals surface area contributed by atoms with Crippen LogP contribution in [-0.4, -0.2) is 28.2 Å². The van der Waals surface area contributed by atoms with Crippen molar-refractivity contribution in [2.75, 3.05) is 18.4 Å². The van der Waals surface area contributed by atoms with E-state index in [4.69, 9.17) is 12.2 Å². The number of fused-ring (bicyclic) bond motifs is 3. The minimum Gasteiger partial charge on any atom is -0.368 e. The first-order chi connectivity index (χ1) is 13.7. The summed E-state index contributed by atoms with van der Waals surface area (Å²) in [6, 6.07) is 10.3. The highest BCUT2D eigenvalue weighted by atomic mass is 32.1. The normalized spacial score (nSPS) is 13.2. The van der Waals surface area contributed by atoms with E-state index < -0.39 is 0 Å². The van der Waals surface area contributed by atoms with E-state index in [1.807, 2.05) is 36.5 Å². The van der Waals surface area contributed by atoms with Gasteiger partial charge in [-0.1, -0.05) is 30.3 Å². The van der Waals surface area contributed by atoms with Crippen LogP contribution < -0.4 is 16.0 Å². The summed E-state index contributed by atoms with van der Waals surface area (Å²) in [6.07, 6.45) is 4.86. The minimum atomic E-state index is 0.669. The van der Waals surface area contributed by atoms with Gasteiger partial charge in [0.2, 0.25) is 0 Å². The summed E-state index contributed by atoms with van der Waals surface area (Å²) in [5, 5.41) is 11.9. The molecule has 0 radical (unpaired) electrons. The molecule has 1 aromatic carbocycles. The monoisotopic (exact) mass is 411 g/mol. The fraction of sp³-hybridized carbons (Fsp3) is 0.381. The SMILES string of the molecule is Cc1nc(NCCNC(=S)NCc2ccccc2)c2c3c(sc2n1)CCCC3. The van der Waals surface area contributed by atoms with E-state index in [1.54, 1.807) is 0 Å². The van der Waals surface area contributed by atoms with E-state index in [0.717, 1.165) is 42.5 Å². The molecule has 0 saturated carbocycles. The second-order valence-corrected chi connectivity index (χ2v) is 8.52. The Balaban J connectivity index is 1.33. The minimum absolute atomic E-state index is 0.669. The second-order valence-electron chi connectivity index (χ2n) is 7.03. The lowest BCUT2D eigenvalue weighted by molar-refractivity contribution is 0.700. The molecule has 1 aliphatic rings. The van der Waals surface area contributed by atoms with Gasteiger partial charge in [-0.2, -0.15) is 0 Å². The summed E-state index contributed by atoms with van der Waals surface area (Å²) in [5.74, 6) is 1.79. The molecule has 0 spiro atoms. The average Bonchev–Trinajstić information content (AvgIpc) is 3.08. The highest BCUT2D eigenvalue weighted by Crippen LogP contribution is 2.38. The molecule has 0 amide bonds. The Morgan fingerprint density at radius 3 is 2.75 bits per heavy atom. The maximum absolute atomic E-state index is 5.37. The lowest BCUT2D eigenvalue weighted by Crippen LogP contribution is -2.37. The number of aryl methyl sites for hydroxylation is 3. The average molecular weight is 412 g/mol. The van der Waals surface area contributed by atoms with Gasteiger partial charge >= 0.3 is 0 Å². The molecule has 3 N–H and O–H groups in total. The molecule has 0 fully saturated rings. The molecule has 5 nitrogen and oxygen atoms in total. The standard InChI is InChI=1S/C21H25N5S2/c1-14-25-19(18-16-9-5-6-10-17(16)28-20(18)26-14)22-11-12-23-21(27)24-13-15-7-3-2-4-8-15/h2-4,7-8H,5-6,9-13H2,1H3,(H,22,25,26)(H2,23,24,27). The first-order valence-corrected chi connectivity index (χ1v) is 11.0. The van der Waals surface area contributed by atoms with Crippen molar-refractivity contribution in [3.8, 4) is 0 Å². The number of aromatic nitrogens is 2. The third kappa shape index (κ3) is 4.42. The maximum atomic E-state index is 5.37. The first kappa shape index (κ1) is 19.1. The Morgan fingerprint density at radius 1 is 1.07 bits per heavy atom. The van der Waals surface area contributed by atoms with Crippen molar-refractivity contribution < 1.29 is 0 Å². The van der Waals surface area contributed by atoms with Crippen LogP contribution in [-0.2, 0) is 19.4 Å². The fourth-order valence-corrected chi connectivity index (χ4v) is 5.07. The van der Waals surface area contributed by atoms with Crippen LogP contribution in [0.4, 0.5) is 5.82 Å². The highest BCUT2D eigenvalue weighted by Gasteiger charge is 2.20. The largest absolute Gasteiger partial charge is 0.368 e. The van der Waals surface area contributed by atoms with Crippen molar-refractivity contribution >= 4 is 44.7 Å². The van der Waals surface area contributed by atoms with E-state index in [-0.39, 0.29) is 0 Å². The van der Waals surface area contributed by atoms with E-state index in [9.17, 15) is 0 Å². The molecule has 4 rings (SSSR count). The summed E-state index contributed by atoms with van der Waals surface area (Å²) < 4.78 is 0. The summed E-state index contributed by atoms with van der Waals surface area (Å²) >= 11 is 7.21. The number of nitrogens with one attached hydrogen (secondary N) is 3. The van der Waals surface area contributed by atoms with Gasteiger partial charge in [0.15, 0.2) is 5.11 Å². The van der Waals surface area contributed by atoms with Crippen molar-refractivity contribution in [1.82, 2.24) is 20.6 Å². The van der Waals surface area contributed by atoms with Crippen LogP contribution in [0, 0.1) is 6.92 Å². The van der Waals surface area contributed by atoms with Gasteiger partial charge in [-0.3, -0.25) is 0 Å². The number of rotatable bonds is 6. The van der Waals surface area contributed by atoms with E-state index in [1.165, 1.54) is 40.7 Å². The molecule has 3 aromatic rings. The number of benzene rings is 1. The van der Waals surface area contributed by atoms with Crippen LogP contribution in [0.2, 0.25) is 0 Å². The Labute approximate surface area is 175 Å². The Bertz CT molecular complexity index is 968. The van der Waals surface area contributed by atoms with Crippen LogP contribution in [0.3, 0.4) is 0 Å². The fourth-order valence-electron chi connectivity index (χ4n) is 3.59. The van der Waals surface area contributed by atoms with Gasteiger partial charge < -0.3 is 16.0 Å². The molecule has 2 aromatic heterocycles. The Morgan fingerprint density at radius 2 is 1.89 bits per heavy atom. The van der Waals surface area contributed by atoms with Gasteiger partial charge in [0.25, 0.3) is 0 Å². The lowest BCUT2D eigenvalue weighted by atomic mass is 9.97. The smallest absolute Gasteiger partial charge is 0.166 e. The van der Waals surface area contributed by atoms with Crippen LogP contribution in [0.1, 0.15) is 34.7 Å². The van der Waals surface area contributed by atoms with Gasteiger partial charge in [-0.05, 0) is 56.0 Å². The quantitative estimate of drug-likeness (QED) is 0.422. The summed E-state index contributed by atoms with van der Waals surface area (Å²) in [6.45, 7) is 4.18. The van der Waals surface area contributed by atoms with E-state index in [0.29, 0.717) is 5.11 Å². The third-order valence-electron chi connectivity index (χ3n) is 4.93. The number of anilines is 1.